The maximum Gasteiger partial charge on any atom is 0.0159 e. The van der Waals surface area contributed by atoms with Crippen molar-refractivity contribution in [2.75, 3.05) is 0 Å². The van der Waals surface area contributed by atoms with Gasteiger partial charge in [-0.15, -0.1) is 0 Å². The minimum atomic E-state index is 0.0752. The zero-order valence-corrected chi connectivity index (χ0v) is 20.1. The Kier molecular flexibility index (Phi) is 8.24. The fourth-order valence-corrected chi connectivity index (χ4v) is 4.20. The molecule has 4 aromatic rings. The molecule has 1 aliphatic rings. The van der Waals surface area contributed by atoms with Crippen molar-refractivity contribution < 1.29 is 0 Å². The average molecular weight is 399 g/mol. The maximum absolute atomic E-state index is 2.40. The Morgan fingerprint density at radius 3 is 1.83 bits per heavy atom. The summed E-state index contributed by atoms with van der Waals surface area (Å²) in [6, 6.07) is 26.8. The number of hydrogen-bond donors (Lipinski definition) is 0. The molecule has 0 atom stereocenters. The second-order valence-corrected chi connectivity index (χ2v) is 7.78. The minimum absolute atomic E-state index is 0.0752. The normalized spacial score (nSPS) is 12.4. The number of benzene rings is 4. The predicted octanol–water partition coefficient (Wildman–Crippen LogP) is 9.77. The summed E-state index contributed by atoms with van der Waals surface area (Å²) >= 11 is 0. The van der Waals surface area contributed by atoms with Gasteiger partial charge in [0.1, 0.15) is 0 Å². The van der Waals surface area contributed by atoms with E-state index in [2.05, 4.69) is 100 Å². The van der Waals surface area contributed by atoms with Gasteiger partial charge in [0.25, 0.3) is 0 Å². The average Bonchev–Trinajstić information content (AvgIpc) is 3.02. The molecule has 0 N–H and O–H groups in total. The molecule has 0 spiro atoms. The van der Waals surface area contributed by atoms with Crippen LogP contribution in [0.4, 0.5) is 0 Å². The van der Waals surface area contributed by atoms with Gasteiger partial charge in [-0.1, -0.05) is 122 Å². The number of fused-ring (bicyclic) bond motifs is 6. The highest BCUT2D eigenvalue weighted by atomic mass is 14.4. The molecule has 1 aliphatic carbocycles. The lowest BCUT2D eigenvalue weighted by molar-refractivity contribution is 0.661. The quantitative estimate of drug-likeness (QED) is 0.258. The maximum atomic E-state index is 2.40. The molecule has 30 heavy (non-hydrogen) atoms. The summed E-state index contributed by atoms with van der Waals surface area (Å²) in [7, 11) is 0. The fourth-order valence-electron chi connectivity index (χ4n) is 4.20. The van der Waals surface area contributed by atoms with E-state index >= 15 is 0 Å². The van der Waals surface area contributed by atoms with Gasteiger partial charge < -0.3 is 0 Å². The second kappa shape index (κ2) is 10.4. The third-order valence-corrected chi connectivity index (χ3v) is 5.45. The van der Waals surface area contributed by atoms with Gasteiger partial charge in [-0.2, -0.15) is 0 Å². The molecule has 0 heterocycles. The Hall–Kier alpha value is -2.60. The van der Waals surface area contributed by atoms with Gasteiger partial charge >= 0.3 is 0 Å². The molecule has 0 fully saturated rings. The zero-order valence-electron chi connectivity index (χ0n) is 20.1. The Morgan fingerprint density at radius 1 is 0.567 bits per heavy atom. The molecule has 0 aliphatic heterocycles. The van der Waals surface area contributed by atoms with Crippen LogP contribution in [0.2, 0.25) is 0 Å². The lowest BCUT2D eigenvalue weighted by Gasteiger charge is -2.21. The summed E-state index contributed by atoms with van der Waals surface area (Å²) in [6.45, 7) is 16.9. The molecular formula is C30H38. The van der Waals surface area contributed by atoms with Crippen molar-refractivity contribution in [1.82, 2.24) is 0 Å². The van der Waals surface area contributed by atoms with Crippen LogP contribution in [-0.4, -0.2) is 0 Å². The van der Waals surface area contributed by atoms with E-state index in [0.717, 1.165) is 0 Å². The first-order valence-corrected chi connectivity index (χ1v) is 11.6. The van der Waals surface area contributed by atoms with Crippen LogP contribution in [0.15, 0.2) is 72.8 Å². The first-order chi connectivity index (χ1) is 14.6. The van der Waals surface area contributed by atoms with Gasteiger partial charge in [0.2, 0.25) is 0 Å². The lowest BCUT2D eigenvalue weighted by atomic mass is 9.82. The van der Waals surface area contributed by atoms with Crippen LogP contribution in [0.25, 0.3) is 32.7 Å². The molecule has 0 saturated heterocycles. The van der Waals surface area contributed by atoms with E-state index in [1.807, 2.05) is 27.7 Å². The zero-order chi connectivity index (χ0) is 22.3. The molecule has 0 aromatic heterocycles. The van der Waals surface area contributed by atoms with Gasteiger partial charge in [-0.3, -0.25) is 0 Å². The first-order valence-electron chi connectivity index (χ1n) is 11.6. The first kappa shape index (κ1) is 23.7. The Bertz CT molecular complexity index is 1100. The second-order valence-electron chi connectivity index (χ2n) is 7.78. The highest BCUT2D eigenvalue weighted by Gasteiger charge is 2.35. The largest absolute Gasteiger partial charge is 0.0683 e. The SMILES string of the molecule is CC.CC.CC1(C)c2ccccc2-c2cc3c(ccc4ccccc43)cc21.CCC. The van der Waals surface area contributed by atoms with Crippen molar-refractivity contribution in [3.63, 3.8) is 0 Å². The highest BCUT2D eigenvalue weighted by Crippen LogP contribution is 2.50. The van der Waals surface area contributed by atoms with Gasteiger partial charge in [0.05, 0.1) is 0 Å². The van der Waals surface area contributed by atoms with E-state index in [1.165, 1.54) is 50.2 Å². The Balaban J connectivity index is 0.000000414. The topological polar surface area (TPSA) is 0 Å². The van der Waals surface area contributed by atoms with Crippen LogP contribution in [0.3, 0.4) is 0 Å². The summed E-state index contributed by atoms with van der Waals surface area (Å²) in [5, 5.41) is 5.35. The third-order valence-electron chi connectivity index (χ3n) is 5.45. The predicted molar refractivity (Wildman–Crippen MR) is 138 cm³/mol. The van der Waals surface area contributed by atoms with E-state index in [1.54, 1.807) is 0 Å². The molecular weight excluding hydrogens is 360 g/mol. The monoisotopic (exact) mass is 398 g/mol. The Labute approximate surface area is 184 Å². The van der Waals surface area contributed by atoms with Crippen molar-refractivity contribution >= 4 is 21.5 Å². The summed E-state index contributed by atoms with van der Waals surface area (Å²) in [4.78, 5) is 0. The van der Waals surface area contributed by atoms with E-state index in [9.17, 15) is 0 Å². The number of rotatable bonds is 0. The van der Waals surface area contributed by atoms with E-state index in [4.69, 9.17) is 0 Å². The molecule has 0 unspecified atom stereocenters. The van der Waals surface area contributed by atoms with E-state index in [0.29, 0.717) is 0 Å². The molecule has 0 radical (unpaired) electrons. The van der Waals surface area contributed by atoms with Crippen LogP contribution < -0.4 is 0 Å². The lowest BCUT2D eigenvalue weighted by Crippen LogP contribution is -2.14. The summed E-state index contributed by atoms with van der Waals surface area (Å²) in [5.41, 5.74) is 5.75. The van der Waals surface area contributed by atoms with Crippen LogP contribution >= 0.6 is 0 Å². The summed E-state index contributed by atoms with van der Waals surface area (Å²) in [6.07, 6.45) is 1.25. The van der Waals surface area contributed by atoms with Crippen LogP contribution in [0, 0.1) is 0 Å². The smallest absolute Gasteiger partial charge is 0.0159 e. The van der Waals surface area contributed by atoms with Crippen LogP contribution in [0.1, 0.15) is 72.9 Å². The molecule has 0 heteroatoms. The van der Waals surface area contributed by atoms with Gasteiger partial charge in [-0.25, -0.2) is 0 Å². The van der Waals surface area contributed by atoms with Crippen LogP contribution in [-0.2, 0) is 5.41 Å². The van der Waals surface area contributed by atoms with Gasteiger partial charge in [0, 0.05) is 5.41 Å². The molecule has 0 nitrogen and oxygen atoms in total. The molecule has 4 aromatic carbocycles. The fraction of sp³-hybridized carbons (Fsp3) is 0.333. The standard InChI is InChI=1S/C23H18.C3H8.2C2H6/c1-23(2)21-10-6-5-9-18(21)20-14-19-16(13-22(20)23)12-11-15-7-3-4-8-17(15)19;1-3-2;2*1-2/h3-14H,1-2H3;3H2,1-2H3;2*1-2H3. The summed E-state index contributed by atoms with van der Waals surface area (Å²) < 4.78 is 0. The van der Waals surface area contributed by atoms with Crippen molar-refractivity contribution in [3.05, 3.63) is 83.9 Å². The summed E-state index contributed by atoms with van der Waals surface area (Å²) in [5.74, 6) is 0. The molecule has 0 amide bonds. The molecule has 5 rings (SSSR count). The van der Waals surface area contributed by atoms with Gasteiger partial charge in [0.15, 0.2) is 0 Å². The highest BCUT2D eigenvalue weighted by molar-refractivity contribution is 6.09. The molecule has 0 bridgehead atoms. The molecule has 0 saturated carbocycles. The van der Waals surface area contributed by atoms with Crippen molar-refractivity contribution in [1.29, 1.82) is 0 Å². The van der Waals surface area contributed by atoms with Crippen molar-refractivity contribution in [2.24, 2.45) is 0 Å². The van der Waals surface area contributed by atoms with E-state index < -0.39 is 0 Å². The van der Waals surface area contributed by atoms with Crippen LogP contribution in [0.5, 0.6) is 0 Å². The number of hydrogen-bond acceptors (Lipinski definition) is 0. The van der Waals surface area contributed by atoms with Crippen molar-refractivity contribution in [2.45, 2.75) is 67.2 Å². The van der Waals surface area contributed by atoms with Crippen molar-refractivity contribution in [3.8, 4) is 11.1 Å². The van der Waals surface area contributed by atoms with Gasteiger partial charge in [-0.05, 0) is 55.9 Å². The third kappa shape index (κ3) is 4.15. The Morgan fingerprint density at radius 2 is 1.13 bits per heavy atom. The van der Waals surface area contributed by atoms with E-state index in [-0.39, 0.29) is 5.41 Å². The molecule has 158 valence electrons. The minimum Gasteiger partial charge on any atom is -0.0683 e.